The minimum Gasteiger partial charge on any atom is -0.335 e. The third-order valence-corrected chi connectivity index (χ3v) is 6.12. The lowest BCUT2D eigenvalue weighted by atomic mass is 10.1. The zero-order valence-corrected chi connectivity index (χ0v) is 17.6. The Morgan fingerprint density at radius 1 is 1.03 bits per heavy atom. The number of benzene rings is 2. The number of carbonyl (C=O) groups excluding carboxylic acids is 1. The summed E-state index contributed by atoms with van der Waals surface area (Å²) in [4.78, 5) is 28.6. The van der Waals surface area contributed by atoms with Crippen molar-refractivity contribution in [3.8, 4) is 0 Å². The van der Waals surface area contributed by atoms with Crippen LogP contribution in [-0.2, 0) is 24.2 Å². The highest BCUT2D eigenvalue weighted by Gasteiger charge is 2.23. The average molecular weight is 418 g/mol. The number of hydrogen-bond acceptors (Lipinski definition) is 4. The molecule has 152 valence electrons. The van der Waals surface area contributed by atoms with Crippen LogP contribution in [-0.4, -0.2) is 27.0 Å². The van der Waals surface area contributed by atoms with E-state index in [4.69, 9.17) is 0 Å². The van der Waals surface area contributed by atoms with Crippen LogP contribution in [0.1, 0.15) is 23.1 Å². The van der Waals surface area contributed by atoms with Gasteiger partial charge in [-0.15, -0.1) is 11.3 Å². The maximum Gasteiger partial charge on any atom is 0.272 e. The molecule has 2 aromatic carbocycles. The highest BCUT2D eigenvalue weighted by molar-refractivity contribution is 7.09. The summed E-state index contributed by atoms with van der Waals surface area (Å²) >= 11 is 1.70. The van der Waals surface area contributed by atoms with Crippen LogP contribution in [0.2, 0.25) is 0 Å². The molecule has 1 amide bonds. The van der Waals surface area contributed by atoms with Crippen LogP contribution in [0.3, 0.4) is 0 Å². The monoisotopic (exact) mass is 417 g/mol. The largest absolute Gasteiger partial charge is 0.335 e. The fourth-order valence-corrected chi connectivity index (χ4v) is 4.48. The molecule has 2 aromatic heterocycles. The molecule has 6 heteroatoms. The van der Waals surface area contributed by atoms with Gasteiger partial charge in [-0.1, -0.05) is 54.6 Å². The summed E-state index contributed by atoms with van der Waals surface area (Å²) in [5.41, 5.74) is 1.44. The van der Waals surface area contributed by atoms with Gasteiger partial charge in [0.05, 0.1) is 17.5 Å². The van der Waals surface area contributed by atoms with E-state index in [0.29, 0.717) is 17.6 Å². The lowest BCUT2D eigenvalue weighted by Gasteiger charge is -2.29. The number of hydrogen-bond donors (Lipinski definition) is 1. The van der Waals surface area contributed by atoms with Crippen molar-refractivity contribution in [2.24, 2.45) is 0 Å². The first kappa shape index (κ1) is 20.0. The zero-order valence-electron chi connectivity index (χ0n) is 16.7. The lowest BCUT2D eigenvalue weighted by Crippen LogP contribution is -2.40. The molecule has 0 radical (unpaired) electrons. The molecule has 2 heterocycles. The standard InChI is InChI=1S/C24H23N3O2S/c1-17(14-19-10-7-13-30-19)27(16-18-8-3-2-4-9-18)23(28)15-22-20-11-5-6-12-21(20)24(29)26-25-22/h2-13,17H,14-16H2,1H3,(H,26,29)/t17-/m0/s1. The van der Waals surface area contributed by atoms with Gasteiger partial charge < -0.3 is 4.90 Å². The Kier molecular flexibility index (Phi) is 6.05. The van der Waals surface area contributed by atoms with Gasteiger partial charge in [0.2, 0.25) is 5.91 Å². The van der Waals surface area contributed by atoms with Gasteiger partial charge in [-0.25, -0.2) is 5.10 Å². The Balaban J connectivity index is 1.62. The van der Waals surface area contributed by atoms with Crippen LogP contribution in [0, 0.1) is 0 Å². The number of fused-ring (bicyclic) bond motifs is 1. The number of carbonyl (C=O) groups is 1. The molecule has 30 heavy (non-hydrogen) atoms. The Morgan fingerprint density at radius 2 is 1.77 bits per heavy atom. The van der Waals surface area contributed by atoms with E-state index >= 15 is 0 Å². The molecule has 4 aromatic rings. The minimum atomic E-state index is -0.242. The molecule has 0 saturated carbocycles. The van der Waals surface area contributed by atoms with E-state index in [0.717, 1.165) is 17.4 Å². The number of nitrogens with one attached hydrogen (secondary N) is 1. The Morgan fingerprint density at radius 3 is 2.50 bits per heavy atom. The van der Waals surface area contributed by atoms with E-state index in [-0.39, 0.29) is 23.9 Å². The van der Waals surface area contributed by atoms with Gasteiger partial charge in [0.15, 0.2) is 0 Å². The number of nitrogens with zero attached hydrogens (tertiary/aromatic N) is 2. The summed E-state index contributed by atoms with van der Waals surface area (Å²) in [5, 5.41) is 10.0. The Bertz CT molecular complexity index is 1190. The van der Waals surface area contributed by atoms with E-state index in [9.17, 15) is 9.59 Å². The van der Waals surface area contributed by atoms with Gasteiger partial charge in [0.25, 0.3) is 5.56 Å². The first-order chi connectivity index (χ1) is 14.6. The van der Waals surface area contributed by atoms with Crippen molar-refractivity contribution in [1.82, 2.24) is 15.1 Å². The first-order valence-electron chi connectivity index (χ1n) is 9.94. The maximum absolute atomic E-state index is 13.4. The molecule has 5 nitrogen and oxygen atoms in total. The van der Waals surface area contributed by atoms with E-state index in [1.54, 1.807) is 17.4 Å². The van der Waals surface area contributed by atoms with E-state index in [1.807, 2.05) is 59.5 Å². The molecule has 1 atom stereocenters. The fraction of sp³-hybridized carbons (Fsp3) is 0.208. The fourth-order valence-electron chi connectivity index (χ4n) is 3.65. The molecule has 0 spiro atoms. The number of H-pyrrole nitrogens is 1. The molecular formula is C24H23N3O2S. The van der Waals surface area contributed by atoms with Crippen molar-refractivity contribution in [3.05, 3.63) is 98.6 Å². The Hall–Kier alpha value is -3.25. The summed E-state index contributed by atoms with van der Waals surface area (Å²) in [6, 6.07) is 21.5. The molecule has 0 unspecified atom stereocenters. The highest BCUT2D eigenvalue weighted by atomic mass is 32.1. The zero-order chi connectivity index (χ0) is 20.9. The third-order valence-electron chi connectivity index (χ3n) is 5.22. The average Bonchev–Trinajstić information content (AvgIpc) is 3.28. The smallest absolute Gasteiger partial charge is 0.272 e. The molecule has 1 N–H and O–H groups in total. The number of rotatable bonds is 7. The molecule has 0 aliphatic carbocycles. The lowest BCUT2D eigenvalue weighted by molar-refractivity contribution is -0.133. The van der Waals surface area contributed by atoms with Gasteiger partial charge in [-0.2, -0.15) is 5.10 Å². The van der Waals surface area contributed by atoms with Crippen molar-refractivity contribution in [2.45, 2.75) is 32.4 Å². The van der Waals surface area contributed by atoms with Crippen molar-refractivity contribution in [3.63, 3.8) is 0 Å². The number of thiophene rings is 1. The van der Waals surface area contributed by atoms with Gasteiger partial charge in [0.1, 0.15) is 0 Å². The van der Waals surface area contributed by atoms with Crippen LogP contribution in [0.15, 0.2) is 76.9 Å². The van der Waals surface area contributed by atoms with Crippen LogP contribution in [0.25, 0.3) is 10.8 Å². The van der Waals surface area contributed by atoms with E-state index in [1.165, 1.54) is 4.88 Å². The second-order valence-corrected chi connectivity index (χ2v) is 8.39. The number of aromatic nitrogens is 2. The van der Waals surface area contributed by atoms with Crippen LogP contribution < -0.4 is 5.56 Å². The van der Waals surface area contributed by atoms with Gasteiger partial charge >= 0.3 is 0 Å². The molecule has 0 aliphatic rings. The number of aromatic amines is 1. The predicted molar refractivity (Wildman–Crippen MR) is 121 cm³/mol. The van der Waals surface area contributed by atoms with Crippen molar-refractivity contribution >= 4 is 28.0 Å². The maximum atomic E-state index is 13.4. The van der Waals surface area contributed by atoms with Gasteiger partial charge in [-0.05, 0) is 30.0 Å². The highest BCUT2D eigenvalue weighted by Crippen LogP contribution is 2.19. The van der Waals surface area contributed by atoms with E-state index < -0.39 is 0 Å². The normalized spacial score (nSPS) is 12.0. The van der Waals surface area contributed by atoms with Crippen molar-refractivity contribution < 1.29 is 4.79 Å². The molecule has 0 saturated heterocycles. The Labute approximate surface area is 179 Å². The summed E-state index contributed by atoms with van der Waals surface area (Å²) in [6.07, 6.45) is 0.939. The molecule has 4 rings (SSSR count). The van der Waals surface area contributed by atoms with Crippen LogP contribution >= 0.6 is 11.3 Å². The quantitative estimate of drug-likeness (QED) is 0.490. The topological polar surface area (TPSA) is 66.1 Å². The summed E-state index contributed by atoms with van der Waals surface area (Å²) in [5.74, 6) is -0.00684. The van der Waals surface area contributed by atoms with Crippen molar-refractivity contribution in [1.29, 1.82) is 0 Å². The minimum absolute atomic E-state index is 0.00684. The molecular weight excluding hydrogens is 394 g/mol. The first-order valence-corrected chi connectivity index (χ1v) is 10.8. The summed E-state index contributed by atoms with van der Waals surface area (Å²) < 4.78 is 0. The predicted octanol–water partition coefficient (Wildman–Crippen LogP) is 4.19. The summed E-state index contributed by atoms with van der Waals surface area (Å²) in [7, 11) is 0. The molecule has 0 aliphatic heterocycles. The van der Waals surface area contributed by atoms with Gasteiger partial charge in [-0.3, -0.25) is 9.59 Å². The SMILES string of the molecule is C[C@@H](Cc1cccs1)N(Cc1ccccc1)C(=O)Cc1n[nH]c(=O)c2ccccc12. The third kappa shape index (κ3) is 4.49. The van der Waals surface area contributed by atoms with Gasteiger partial charge in [0, 0.05) is 29.3 Å². The molecule has 0 bridgehead atoms. The van der Waals surface area contributed by atoms with E-state index in [2.05, 4.69) is 28.6 Å². The second-order valence-electron chi connectivity index (χ2n) is 7.36. The molecule has 0 fully saturated rings. The van der Waals surface area contributed by atoms with Crippen LogP contribution in [0.4, 0.5) is 0 Å². The van der Waals surface area contributed by atoms with Crippen molar-refractivity contribution in [2.75, 3.05) is 0 Å². The summed E-state index contributed by atoms with van der Waals surface area (Å²) in [6.45, 7) is 2.62. The second kappa shape index (κ2) is 9.05. The number of amides is 1. The van der Waals surface area contributed by atoms with Crippen LogP contribution in [0.5, 0.6) is 0 Å².